The average Bonchev–Trinajstić information content (AvgIpc) is 2.23. The molecule has 0 aromatic carbocycles. The summed E-state index contributed by atoms with van der Waals surface area (Å²) in [4.78, 5) is 2.64. The lowest BCUT2D eigenvalue weighted by Crippen LogP contribution is -2.47. The Labute approximate surface area is 80.9 Å². The van der Waals surface area contributed by atoms with E-state index >= 15 is 0 Å². The van der Waals surface area contributed by atoms with E-state index in [0.29, 0.717) is 6.04 Å². The molecule has 0 saturated carbocycles. The van der Waals surface area contributed by atoms with Crippen molar-refractivity contribution in [2.75, 3.05) is 6.54 Å². The summed E-state index contributed by atoms with van der Waals surface area (Å²) in [7, 11) is 0. The molecule has 3 heteroatoms. The van der Waals surface area contributed by atoms with Crippen molar-refractivity contribution in [3.05, 3.63) is 0 Å². The smallest absolute Gasteiger partial charge is 0.0113 e. The third-order valence-electron chi connectivity index (χ3n) is 3.29. The molecule has 2 fully saturated rings. The Bertz CT molecular complexity index is 137. The molecule has 0 amide bonds. The van der Waals surface area contributed by atoms with Crippen molar-refractivity contribution in [1.29, 1.82) is 0 Å². The molecule has 0 spiro atoms. The topological polar surface area (TPSA) is 29.3 Å². The molecule has 0 radical (unpaired) electrons. The first-order valence-electron chi connectivity index (χ1n) is 4.82. The lowest BCUT2D eigenvalue weighted by molar-refractivity contribution is 0.135. The van der Waals surface area contributed by atoms with Gasteiger partial charge in [-0.25, -0.2) is 0 Å². The van der Waals surface area contributed by atoms with E-state index in [9.17, 15) is 0 Å². The first kappa shape index (κ1) is 10.3. The zero-order chi connectivity index (χ0) is 7.84. The maximum Gasteiger partial charge on any atom is 0.0113 e. The van der Waals surface area contributed by atoms with Crippen LogP contribution in [0.3, 0.4) is 0 Å². The maximum atomic E-state index is 5.95. The molecule has 2 N–H and O–H groups in total. The van der Waals surface area contributed by atoms with Crippen LogP contribution in [0.15, 0.2) is 0 Å². The molecule has 2 rings (SSSR count). The Balaban J connectivity index is 0.000000720. The second kappa shape index (κ2) is 3.95. The molecule has 72 valence electrons. The molecule has 1 unspecified atom stereocenters. The van der Waals surface area contributed by atoms with Gasteiger partial charge >= 0.3 is 0 Å². The first-order chi connectivity index (χ1) is 5.31. The highest BCUT2D eigenvalue weighted by atomic mass is 35.5. The Morgan fingerprint density at radius 3 is 2.17 bits per heavy atom. The minimum atomic E-state index is 0. The molecule has 2 bridgehead atoms. The van der Waals surface area contributed by atoms with Crippen molar-refractivity contribution in [3.8, 4) is 0 Å². The summed E-state index contributed by atoms with van der Waals surface area (Å²) in [6.07, 6.45) is 5.27. The molecule has 2 nitrogen and oxygen atoms in total. The Morgan fingerprint density at radius 1 is 1.25 bits per heavy atom. The summed E-state index contributed by atoms with van der Waals surface area (Å²) in [6.45, 7) is 3.49. The van der Waals surface area contributed by atoms with Crippen LogP contribution in [-0.4, -0.2) is 29.6 Å². The Hall–Kier alpha value is 0.210. The van der Waals surface area contributed by atoms with Gasteiger partial charge in [0.25, 0.3) is 0 Å². The van der Waals surface area contributed by atoms with Gasteiger partial charge in [-0.05, 0) is 32.2 Å². The van der Waals surface area contributed by atoms with Gasteiger partial charge in [-0.2, -0.15) is 0 Å². The Kier molecular flexibility index (Phi) is 3.38. The van der Waals surface area contributed by atoms with Gasteiger partial charge in [-0.3, -0.25) is 4.90 Å². The van der Waals surface area contributed by atoms with E-state index < -0.39 is 0 Å². The molecule has 2 aliphatic heterocycles. The molecule has 2 heterocycles. The van der Waals surface area contributed by atoms with Crippen LogP contribution in [0.25, 0.3) is 0 Å². The number of rotatable bonds is 1. The van der Waals surface area contributed by atoms with Gasteiger partial charge in [0.1, 0.15) is 0 Å². The van der Waals surface area contributed by atoms with Gasteiger partial charge in [0.15, 0.2) is 0 Å². The highest BCUT2D eigenvalue weighted by molar-refractivity contribution is 5.85. The maximum absolute atomic E-state index is 5.95. The van der Waals surface area contributed by atoms with Gasteiger partial charge in [0, 0.05) is 18.1 Å². The molecule has 2 saturated heterocycles. The average molecular weight is 191 g/mol. The summed E-state index contributed by atoms with van der Waals surface area (Å²) < 4.78 is 0. The summed E-state index contributed by atoms with van der Waals surface area (Å²) in [6, 6.07) is 2.15. The number of piperidine rings is 1. The largest absolute Gasteiger partial charge is 0.328 e. The van der Waals surface area contributed by atoms with E-state index in [2.05, 4.69) is 11.8 Å². The van der Waals surface area contributed by atoms with Crippen LogP contribution in [-0.2, 0) is 0 Å². The second-order valence-corrected chi connectivity index (χ2v) is 3.95. The molecule has 0 aromatic rings. The van der Waals surface area contributed by atoms with Crippen molar-refractivity contribution >= 4 is 12.4 Å². The number of fused-ring (bicyclic) bond motifs is 2. The number of hydrogen-bond donors (Lipinski definition) is 1. The third kappa shape index (κ3) is 1.61. The van der Waals surface area contributed by atoms with Crippen LogP contribution < -0.4 is 5.73 Å². The van der Waals surface area contributed by atoms with Crippen LogP contribution in [0, 0.1) is 0 Å². The van der Waals surface area contributed by atoms with Gasteiger partial charge < -0.3 is 5.73 Å². The predicted octanol–water partition coefficient (Wildman–Crippen LogP) is 1.38. The molecule has 0 aliphatic carbocycles. The molecule has 0 aromatic heterocycles. The second-order valence-electron chi connectivity index (χ2n) is 3.95. The van der Waals surface area contributed by atoms with Gasteiger partial charge in [-0.15, -0.1) is 12.4 Å². The van der Waals surface area contributed by atoms with Crippen LogP contribution in [0.5, 0.6) is 0 Å². The predicted molar refractivity (Wildman–Crippen MR) is 53.6 cm³/mol. The minimum Gasteiger partial charge on any atom is -0.328 e. The monoisotopic (exact) mass is 190 g/mol. The van der Waals surface area contributed by atoms with Crippen LogP contribution >= 0.6 is 12.4 Å². The van der Waals surface area contributed by atoms with Crippen molar-refractivity contribution in [2.24, 2.45) is 5.73 Å². The lowest BCUT2D eigenvalue weighted by Gasteiger charge is -2.36. The fourth-order valence-corrected chi connectivity index (χ4v) is 2.83. The summed E-state index contributed by atoms with van der Waals surface area (Å²) >= 11 is 0. The number of halogens is 1. The van der Waals surface area contributed by atoms with E-state index in [1.165, 1.54) is 32.2 Å². The van der Waals surface area contributed by atoms with Crippen LogP contribution in [0.4, 0.5) is 0 Å². The number of nitrogens with zero attached hydrogens (tertiary/aromatic N) is 1. The Morgan fingerprint density at radius 2 is 1.75 bits per heavy atom. The SMILES string of the molecule is CCN1C2CC[C@H]1C[C@@H](N)C2.Cl. The zero-order valence-electron chi connectivity index (χ0n) is 7.70. The standard InChI is InChI=1S/C9H18N2.ClH/c1-2-11-8-3-4-9(11)6-7(10)5-8;/h7-9H,2-6,10H2,1H3;1H/t7-,8+,9?;/m1./s1. The molecule has 3 atom stereocenters. The summed E-state index contributed by atoms with van der Waals surface area (Å²) in [5.74, 6) is 0. The first-order valence-corrected chi connectivity index (χ1v) is 4.82. The van der Waals surface area contributed by atoms with E-state index in [1.54, 1.807) is 0 Å². The quantitative estimate of drug-likeness (QED) is 0.677. The van der Waals surface area contributed by atoms with E-state index in [4.69, 9.17) is 5.73 Å². The fourth-order valence-electron chi connectivity index (χ4n) is 2.83. The number of nitrogens with two attached hydrogens (primary N) is 1. The molecule has 12 heavy (non-hydrogen) atoms. The van der Waals surface area contributed by atoms with Crippen molar-refractivity contribution in [2.45, 2.75) is 50.7 Å². The number of hydrogen-bond acceptors (Lipinski definition) is 2. The summed E-state index contributed by atoms with van der Waals surface area (Å²) in [5, 5.41) is 0. The zero-order valence-corrected chi connectivity index (χ0v) is 8.52. The van der Waals surface area contributed by atoms with Gasteiger partial charge in [0.05, 0.1) is 0 Å². The third-order valence-corrected chi connectivity index (χ3v) is 3.29. The van der Waals surface area contributed by atoms with E-state index in [1.807, 2.05) is 0 Å². The van der Waals surface area contributed by atoms with Gasteiger partial charge in [-0.1, -0.05) is 6.92 Å². The van der Waals surface area contributed by atoms with Crippen molar-refractivity contribution in [3.63, 3.8) is 0 Å². The summed E-state index contributed by atoms with van der Waals surface area (Å²) in [5.41, 5.74) is 5.95. The normalized spacial score (nSPS) is 41.0. The highest BCUT2D eigenvalue weighted by Gasteiger charge is 2.38. The van der Waals surface area contributed by atoms with E-state index in [-0.39, 0.29) is 12.4 Å². The molecule has 2 aliphatic rings. The fraction of sp³-hybridized carbons (Fsp3) is 1.00. The molecular weight excluding hydrogens is 172 g/mol. The van der Waals surface area contributed by atoms with Crippen LogP contribution in [0.2, 0.25) is 0 Å². The molecular formula is C9H19ClN2. The lowest BCUT2D eigenvalue weighted by atomic mass is 9.98. The van der Waals surface area contributed by atoms with Crippen molar-refractivity contribution in [1.82, 2.24) is 4.90 Å². The van der Waals surface area contributed by atoms with Gasteiger partial charge in [0.2, 0.25) is 0 Å². The van der Waals surface area contributed by atoms with E-state index in [0.717, 1.165) is 12.1 Å². The van der Waals surface area contributed by atoms with Crippen LogP contribution in [0.1, 0.15) is 32.6 Å². The minimum absolute atomic E-state index is 0. The van der Waals surface area contributed by atoms with Crippen molar-refractivity contribution < 1.29 is 0 Å². The highest BCUT2D eigenvalue weighted by Crippen LogP contribution is 2.34.